The van der Waals surface area contributed by atoms with Crippen LogP contribution < -0.4 is 9.80 Å². The molecular weight excluding hydrogens is 751 g/mol. The Morgan fingerprint density at radius 1 is 0.552 bits per heavy atom. The first kappa shape index (κ1) is 37.1. The second-order valence-electron chi connectivity index (χ2n) is 16.8. The smallest absolute Gasteiger partial charge is 0.345 e. The first-order valence-electron chi connectivity index (χ1n) is 20.5. The molecule has 4 aromatic rings. The van der Waals surface area contributed by atoms with Crippen molar-refractivity contribution in [1.82, 2.24) is 9.80 Å². The van der Waals surface area contributed by atoms with Crippen molar-refractivity contribution in [1.29, 1.82) is 0 Å². The van der Waals surface area contributed by atoms with Crippen LogP contribution in [0.25, 0.3) is 11.1 Å². The zero-order valence-electron chi connectivity index (χ0n) is 32.0. The Morgan fingerprint density at radius 3 is 1.34 bits per heavy atom. The van der Waals surface area contributed by atoms with E-state index in [4.69, 9.17) is 0 Å². The fourth-order valence-electron chi connectivity index (χ4n) is 11.2. The number of amides is 2. The van der Waals surface area contributed by atoms with E-state index in [1.807, 2.05) is 24.3 Å². The van der Waals surface area contributed by atoms with Gasteiger partial charge in [-0.15, -0.1) is 0 Å². The van der Waals surface area contributed by atoms with Gasteiger partial charge in [0.05, 0.1) is 11.1 Å². The maximum Gasteiger partial charge on any atom is 0.416 e. The van der Waals surface area contributed by atoms with Crippen molar-refractivity contribution in [2.24, 2.45) is 0 Å². The van der Waals surface area contributed by atoms with Crippen molar-refractivity contribution >= 4 is 28.6 Å². The number of aryl methyl sites for hydroxylation is 2. The number of alkyl halides is 6. The van der Waals surface area contributed by atoms with Gasteiger partial charge in [-0.3, -0.25) is 9.80 Å². The normalized spacial score (nSPS) is 26.6. The molecule has 5 nitrogen and oxygen atoms in total. The largest absolute Gasteiger partial charge is 0.416 e. The van der Waals surface area contributed by atoms with Gasteiger partial charge in [-0.05, 0) is 146 Å². The van der Waals surface area contributed by atoms with E-state index in [2.05, 4.69) is 56.0 Å². The zero-order chi connectivity index (χ0) is 40.0. The number of rotatable bonds is 4. The van der Waals surface area contributed by atoms with E-state index in [0.717, 1.165) is 110 Å². The Hall–Kier alpha value is -5.19. The number of benzene rings is 4. The summed E-state index contributed by atoms with van der Waals surface area (Å²) in [4.78, 5) is 25.1. The van der Waals surface area contributed by atoms with Crippen LogP contribution in [0.4, 0.5) is 42.5 Å². The number of halogens is 6. The number of nitrogens with zero attached hydrogens (tertiary/aromatic N) is 4. The van der Waals surface area contributed by atoms with Gasteiger partial charge in [-0.1, -0.05) is 60.7 Å². The molecule has 11 heteroatoms. The van der Waals surface area contributed by atoms with E-state index in [1.54, 1.807) is 24.3 Å². The number of hydrogen-bond acceptors (Lipinski definition) is 3. The molecule has 2 saturated heterocycles. The quantitative estimate of drug-likeness (QED) is 0.193. The van der Waals surface area contributed by atoms with Crippen LogP contribution in [-0.2, 0) is 25.2 Å². The first-order chi connectivity index (χ1) is 27.9. The highest BCUT2D eigenvalue weighted by molar-refractivity contribution is 5.86. The molecule has 4 bridgehead atoms. The van der Waals surface area contributed by atoms with E-state index in [-0.39, 0.29) is 18.1 Å². The van der Waals surface area contributed by atoms with Crippen LogP contribution in [0.2, 0.25) is 0 Å². The third-order valence-electron chi connectivity index (χ3n) is 13.7. The number of hydrogen-bond donors (Lipinski definition) is 0. The van der Waals surface area contributed by atoms with Crippen LogP contribution in [0.15, 0.2) is 109 Å². The Kier molecular flexibility index (Phi) is 8.59. The van der Waals surface area contributed by atoms with E-state index >= 15 is 4.79 Å². The Balaban J connectivity index is 1.11. The maximum absolute atomic E-state index is 16.1. The number of anilines is 2. The lowest BCUT2D eigenvalue weighted by molar-refractivity contribution is -0.138. The predicted octanol–water partition coefficient (Wildman–Crippen LogP) is 11.3. The van der Waals surface area contributed by atoms with E-state index in [1.165, 1.54) is 11.1 Å². The summed E-state index contributed by atoms with van der Waals surface area (Å²) in [5, 5.41) is 0. The molecule has 4 aromatic carbocycles. The lowest BCUT2D eigenvalue weighted by Gasteiger charge is -2.57. The highest BCUT2D eigenvalue weighted by Crippen LogP contribution is 2.55. The molecule has 10 rings (SSSR count). The standard InChI is InChI=1S/C47H44F6N4O/c48-46(49,50)37-17-13-31(14-18-37)35-27-39-21-23-44(29-35,54-25-5-9-33-7-1-3-11-41(33)54)56(39)43(58)57-40-22-24-45(57,55-26-6-10-34-8-2-4-12-42(34)55)30-36(28-40)32-15-19-38(20-16-32)47(51,52)53/h1-4,7-8,11-20,29-30,39-40H,5-6,9-10,21-28H2. The summed E-state index contributed by atoms with van der Waals surface area (Å²) in [5.74, 6) is 0. The number of fused-ring (bicyclic) bond motifs is 6. The molecule has 300 valence electrons. The van der Waals surface area contributed by atoms with Crippen LogP contribution in [0, 0.1) is 0 Å². The highest BCUT2D eigenvalue weighted by atomic mass is 19.4. The molecule has 2 fully saturated rings. The van der Waals surface area contributed by atoms with Gasteiger partial charge in [0.1, 0.15) is 11.3 Å². The third kappa shape index (κ3) is 5.85. The molecule has 0 aliphatic carbocycles. The molecule has 6 aliphatic heterocycles. The summed E-state index contributed by atoms with van der Waals surface area (Å²) >= 11 is 0. The minimum atomic E-state index is -4.44. The molecule has 0 radical (unpaired) electrons. The van der Waals surface area contributed by atoms with Gasteiger partial charge >= 0.3 is 18.4 Å². The fourth-order valence-corrected chi connectivity index (χ4v) is 11.2. The van der Waals surface area contributed by atoms with Crippen molar-refractivity contribution in [2.45, 2.75) is 100.0 Å². The predicted molar refractivity (Wildman–Crippen MR) is 213 cm³/mol. The number of para-hydroxylation sites is 2. The highest BCUT2D eigenvalue weighted by Gasteiger charge is 2.61. The van der Waals surface area contributed by atoms with Crippen molar-refractivity contribution in [3.63, 3.8) is 0 Å². The van der Waals surface area contributed by atoms with Crippen LogP contribution >= 0.6 is 0 Å². The average molecular weight is 795 g/mol. The first-order valence-corrected chi connectivity index (χ1v) is 20.5. The van der Waals surface area contributed by atoms with Gasteiger partial charge in [0, 0.05) is 36.5 Å². The summed E-state index contributed by atoms with van der Waals surface area (Å²) in [6, 6.07) is 27.0. The summed E-state index contributed by atoms with van der Waals surface area (Å²) in [6.45, 7) is 1.44. The number of urea groups is 1. The molecule has 4 atom stereocenters. The summed E-state index contributed by atoms with van der Waals surface area (Å²) in [6.07, 6.45) is 2.93. The van der Waals surface area contributed by atoms with Crippen molar-refractivity contribution in [3.8, 4) is 0 Å². The fraction of sp³-hybridized carbons (Fsp3) is 0.383. The van der Waals surface area contributed by atoms with Crippen LogP contribution in [0.3, 0.4) is 0 Å². The minimum absolute atomic E-state index is 0.0680. The van der Waals surface area contributed by atoms with Gasteiger partial charge in [-0.25, -0.2) is 4.79 Å². The van der Waals surface area contributed by atoms with Gasteiger partial charge < -0.3 is 9.80 Å². The third-order valence-corrected chi connectivity index (χ3v) is 13.7. The molecule has 0 spiro atoms. The number of carbonyl (C=O) groups excluding carboxylic acids is 1. The second kappa shape index (κ2) is 13.4. The van der Waals surface area contributed by atoms with Crippen molar-refractivity contribution in [2.75, 3.05) is 22.9 Å². The monoisotopic (exact) mass is 794 g/mol. The zero-order valence-corrected chi connectivity index (χ0v) is 32.0. The molecule has 0 saturated carbocycles. The van der Waals surface area contributed by atoms with Gasteiger partial charge in [0.2, 0.25) is 0 Å². The van der Waals surface area contributed by atoms with E-state index in [0.29, 0.717) is 25.7 Å². The van der Waals surface area contributed by atoms with Crippen molar-refractivity contribution < 1.29 is 31.1 Å². The van der Waals surface area contributed by atoms with E-state index < -0.39 is 34.8 Å². The molecule has 4 unspecified atom stereocenters. The Bertz CT molecular complexity index is 2160. The minimum Gasteiger partial charge on any atom is -0.345 e. The van der Waals surface area contributed by atoms with Crippen LogP contribution in [0.1, 0.15) is 84.7 Å². The molecule has 0 aromatic heterocycles. The van der Waals surface area contributed by atoms with Gasteiger partial charge in [-0.2, -0.15) is 26.3 Å². The molecule has 6 heterocycles. The summed E-state index contributed by atoms with van der Waals surface area (Å²) in [7, 11) is 0. The number of carbonyl (C=O) groups is 1. The second-order valence-corrected chi connectivity index (χ2v) is 16.8. The molecular formula is C47H44F6N4O. The molecule has 0 N–H and O–H groups in total. The van der Waals surface area contributed by atoms with Crippen molar-refractivity contribution in [3.05, 3.63) is 143 Å². The SMILES string of the molecule is O=C(N1C2CCC1(N1CCCc3ccccc31)C=C(c1ccc(C(F)(F)F)cc1)C2)N1C2CCC1(N1CCCc3ccccc31)C=C(c1ccc(C(F)(F)F)cc1)C2. The van der Waals surface area contributed by atoms with Crippen LogP contribution in [0.5, 0.6) is 0 Å². The molecule has 6 aliphatic rings. The van der Waals surface area contributed by atoms with E-state index in [9.17, 15) is 26.3 Å². The lowest BCUT2D eigenvalue weighted by Crippen LogP contribution is -2.70. The molecule has 2 amide bonds. The Labute approximate surface area is 334 Å². The lowest BCUT2D eigenvalue weighted by atomic mass is 9.87. The topological polar surface area (TPSA) is 30.0 Å². The summed E-state index contributed by atoms with van der Waals surface area (Å²) < 4.78 is 81.8. The van der Waals surface area contributed by atoms with Crippen LogP contribution in [-0.4, -0.2) is 52.3 Å². The maximum atomic E-state index is 16.1. The van der Waals surface area contributed by atoms with Gasteiger partial charge in [0.15, 0.2) is 0 Å². The summed E-state index contributed by atoms with van der Waals surface area (Å²) in [5.41, 5.74) is 4.76. The van der Waals surface area contributed by atoms with Gasteiger partial charge in [0.25, 0.3) is 0 Å². The Morgan fingerprint density at radius 2 is 0.948 bits per heavy atom. The molecule has 58 heavy (non-hydrogen) atoms. The average Bonchev–Trinajstić information content (AvgIpc) is 3.62.